The van der Waals surface area contributed by atoms with Gasteiger partial charge in [0, 0.05) is 18.2 Å². The van der Waals surface area contributed by atoms with Gasteiger partial charge >= 0.3 is 0 Å². The van der Waals surface area contributed by atoms with Crippen molar-refractivity contribution in [3.63, 3.8) is 0 Å². The third-order valence-corrected chi connectivity index (χ3v) is 2.37. The Morgan fingerprint density at radius 2 is 2.06 bits per heavy atom. The summed E-state index contributed by atoms with van der Waals surface area (Å²) in [5, 5.41) is 0. The Balaban J connectivity index is 2.21. The summed E-state index contributed by atoms with van der Waals surface area (Å²) >= 11 is 0. The summed E-state index contributed by atoms with van der Waals surface area (Å²) in [5.41, 5.74) is 1.62. The molecular formula is C13H12NO2. The van der Waals surface area contributed by atoms with Gasteiger partial charge in [-0.3, -0.25) is 4.79 Å². The molecule has 0 atom stereocenters. The molecule has 0 saturated heterocycles. The molecule has 0 fully saturated rings. The van der Waals surface area contributed by atoms with Crippen molar-refractivity contribution in [3.05, 3.63) is 64.1 Å². The molecule has 0 aliphatic carbocycles. The number of hydrogen-bond donors (Lipinski definition) is 1. The van der Waals surface area contributed by atoms with Gasteiger partial charge in [-0.25, -0.2) is 0 Å². The maximum Gasteiger partial charge on any atom is 0.252 e. The second kappa shape index (κ2) is 4.66. The molecule has 3 nitrogen and oxygen atoms in total. The molecule has 1 radical (unpaired) electrons. The Bertz CT molecular complexity index is 514. The highest BCUT2D eigenvalue weighted by Crippen LogP contribution is 2.13. The van der Waals surface area contributed by atoms with Crippen LogP contribution >= 0.6 is 0 Å². The Morgan fingerprint density at radius 3 is 2.69 bits per heavy atom. The first-order valence-corrected chi connectivity index (χ1v) is 5.01. The van der Waals surface area contributed by atoms with Crippen LogP contribution in [0.2, 0.25) is 0 Å². The predicted octanol–water partition coefficient (Wildman–Crippen LogP) is 1.77. The number of nitrogens with one attached hydrogen (secondary N) is 1. The standard InChI is InChI=1S/C13H12NO2/c1-16-12-6-4-10(5-7-12)9-11-3-2-8-14-13(11)15/h2,4-8H,9H2,1H3,(H,14,15). The van der Waals surface area contributed by atoms with Gasteiger partial charge in [-0.05, 0) is 29.8 Å². The van der Waals surface area contributed by atoms with Gasteiger partial charge in [0.2, 0.25) is 0 Å². The molecule has 1 heterocycles. The fourth-order valence-corrected chi connectivity index (χ4v) is 1.49. The highest BCUT2D eigenvalue weighted by atomic mass is 16.5. The van der Waals surface area contributed by atoms with Crippen molar-refractivity contribution in [2.75, 3.05) is 7.11 Å². The first kappa shape index (κ1) is 10.5. The summed E-state index contributed by atoms with van der Waals surface area (Å²) in [6.07, 6.45) is 2.17. The summed E-state index contributed by atoms with van der Waals surface area (Å²) in [6, 6.07) is 12.3. The molecule has 2 aromatic rings. The lowest BCUT2D eigenvalue weighted by atomic mass is 10.1. The number of methoxy groups -OCH3 is 1. The molecular weight excluding hydrogens is 202 g/mol. The van der Waals surface area contributed by atoms with E-state index in [1.165, 1.54) is 0 Å². The number of ether oxygens (including phenoxy) is 1. The van der Waals surface area contributed by atoms with Crippen LogP contribution in [0.1, 0.15) is 11.1 Å². The molecule has 1 aromatic carbocycles. The van der Waals surface area contributed by atoms with Gasteiger partial charge in [-0.1, -0.05) is 12.1 Å². The van der Waals surface area contributed by atoms with Crippen molar-refractivity contribution in [3.8, 4) is 5.75 Å². The SMILES string of the molecule is COc1ccc(Cc2[c]cc[nH]c2=O)cc1. The van der Waals surface area contributed by atoms with Crippen molar-refractivity contribution in [1.82, 2.24) is 4.98 Å². The van der Waals surface area contributed by atoms with Crippen LogP contribution in [0.3, 0.4) is 0 Å². The van der Waals surface area contributed by atoms with Gasteiger partial charge in [0.15, 0.2) is 0 Å². The third-order valence-electron chi connectivity index (χ3n) is 2.37. The number of H-pyrrole nitrogens is 1. The highest BCUT2D eigenvalue weighted by Gasteiger charge is 2.00. The monoisotopic (exact) mass is 214 g/mol. The Morgan fingerprint density at radius 1 is 1.31 bits per heavy atom. The summed E-state index contributed by atoms with van der Waals surface area (Å²) in [6.45, 7) is 0. The summed E-state index contributed by atoms with van der Waals surface area (Å²) in [5.74, 6) is 0.815. The minimum Gasteiger partial charge on any atom is -0.497 e. The van der Waals surface area contributed by atoms with Crippen LogP contribution in [0, 0.1) is 6.07 Å². The lowest BCUT2D eigenvalue weighted by Gasteiger charge is -2.02. The smallest absolute Gasteiger partial charge is 0.252 e. The lowest BCUT2D eigenvalue weighted by molar-refractivity contribution is 0.414. The van der Waals surface area contributed by atoms with Gasteiger partial charge < -0.3 is 9.72 Å². The molecule has 0 bridgehead atoms. The molecule has 0 amide bonds. The van der Waals surface area contributed by atoms with Crippen molar-refractivity contribution < 1.29 is 4.74 Å². The van der Waals surface area contributed by atoms with Crippen LogP contribution < -0.4 is 10.3 Å². The zero-order valence-corrected chi connectivity index (χ0v) is 8.99. The van der Waals surface area contributed by atoms with Crippen LogP contribution in [0.15, 0.2) is 41.3 Å². The first-order valence-electron chi connectivity index (χ1n) is 5.01. The molecule has 0 aliphatic rings. The van der Waals surface area contributed by atoms with Gasteiger partial charge in [-0.2, -0.15) is 0 Å². The van der Waals surface area contributed by atoms with E-state index in [9.17, 15) is 4.79 Å². The molecule has 3 heteroatoms. The average Bonchev–Trinajstić information content (AvgIpc) is 2.33. The average molecular weight is 214 g/mol. The molecule has 1 aromatic heterocycles. The van der Waals surface area contributed by atoms with Gasteiger partial charge in [0.1, 0.15) is 5.75 Å². The van der Waals surface area contributed by atoms with E-state index in [-0.39, 0.29) is 5.56 Å². The van der Waals surface area contributed by atoms with Crippen molar-refractivity contribution in [1.29, 1.82) is 0 Å². The largest absolute Gasteiger partial charge is 0.497 e. The van der Waals surface area contributed by atoms with Crippen LogP contribution in [0.5, 0.6) is 5.75 Å². The summed E-state index contributed by atoms with van der Waals surface area (Å²) in [4.78, 5) is 14.1. The minimum absolute atomic E-state index is 0.0849. The van der Waals surface area contributed by atoms with Crippen molar-refractivity contribution in [2.45, 2.75) is 6.42 Å². The van der Waals surface area contributed by atoms with Crippen molar-refractivity contribution >= 4 is 0 Å². The Hall–Kier alpha value is -2.03. The molecule has 0 saturated carbocycles. The van der Waals surface area contributed by atoms with Crippen LogP contribution in [-0.2, 0) is 6.42 Å². The fraction of sp³-hybridized carbons (Fsp3) is 0.154. The third kappa shape index (κ3) is 2.31. The number of rotatable bonds is 3. The second-order valence-corrected chi connectivity index (χ2v) is 3.45. The lowest BCUT2D eigenvalue weighted by Crippen LogP contribution is -2.11. The van der Waals surface area contributed by atoms with E-state index in [0.29, 0.717) is 12.0 Å². The zero-order chi connectivity index (χ0) is 11.4. The second-order valence-electron chi connectivity index (χ2n) is 3.45. The molecule has 0 spiro atoms. The molecule has 16 heavy (non-hydrogen) atoms. The number of pyridine rings is 1. The zero-order valence-electron chi connectivity index (χ0n) is 8.99. The summed E-state index contributed by atoms with van der Waals surface area (Å²) < 4.78 is 5.07. The number of hydrogen-bond acceptors (Lipinski definition) is 2. The molecule has 1 N–H and O–H groups in total. The van der Waals surface area contributed by atoms with Crippen LogP contribution in [-0.4, -0.2) is 12.1 Å². The topological polar surface area (TPSA) is 42.1 Å². The molecule has 0 unspecified atom stereocenters. The molecule has 81 valence electrons. The van der Waals surface area contributed by atoms with E-state index < -0.39 is 0 Å². The normalized spacial score (nSPS) is 10.1. The van der Waals surface area contributed by atoms with Gasteiger partial charge in [0.05, 0.1) is 7.11 Å². The fourth-order valence-electron chi connectivity index (χ4n) is 1.49. The number of aromatic amines is 1. The number of aromatic nitrogens is 1. The highest BCUT2D eigenvalue weighted by molar-refractivity contribution is 5.30. The van der Waals surface area contributed by atoms with E-state index in [1.807, 2.05) is 24.3 Å². The molecule has 0 aliphatic heterocycles. The van der Waals surface area contributed by atoms with Crippen molar-refractivity contribution in [2.24, 2.45) is 0 Å². The van der Waals surface area contributed by atoms with E-state index in [4.69, 9.17) is 4.74 Å². The predicted molar refractivity (Wildman–Crippen MR) is 61.7 cm³/mol. The first-order chi connectivity index (χ1) is 7.79. The van der Waals surface area contributed by atoms with Gasteiger partial charge in [0.25, 0.3) is 5.56 Å². The van der Waals surface area contributed by atoms with E-state index in [0.717, 1.165) is 11.3 Å². The maximum atomic E-state index is 11.4. The quantitative estimate of drug-likeness (QED) is 0.846. The van der Waals surface area contributed by atoms with Gasteiger partial charge in [-0.15, -0.1) is 0 Å². The van der Waals surface area contributed by atoms with Crippen LogP contribution in [0.4, 0.5) is 0 Å². The van der Waals surface area contributed by atoms with E-state index in [2.05, 4.69) is 11.1 Å². The van der Waals surface area contributed by atoms with E-state index >= 15 is 0 Å². The maximum absolute atomic E-state index is 11.4. The summed E-state index contributed by atoms with van der Waals surface area (Å²) in [7, 11) is 1.63. The van der Waals surface area contributed by atoms with Crippen LogP contribution in [0.25, 0.3) is 0 Å². The molecule has 2 rings (SSSR count). The minimum atomic E-state index is -0.0849. The Labute approximate surface area is 93.7 Å². The van der Waals surface area contributed by atoms with E-state index in [1.54, 1.807) is 19.4 Å². The Kier molecular flexibility index (Phi) is 3.05. The number of benzene rings is 1.